The van der Waals surface area contributed by atoms with Crippen molar-refractivity contribution in [2.45, 2.75) is 44.4 Å². The van der Waals surface area contributed by atoms with Crippen molar-refractivity contribution in [2.24, 2.45) is 5.73 Å². The third-order valence-electron chi connectivity index (χ3n) is 2.16. The predicted molar refractivity (Wildman–Crippen MR) is 68.0 cm³/mol. The number of carboxylic acids is 1. The molecule has 17 heavy (non-hydrogen) atoms. The molecule has 0 aromatic heterocycles. The third-order valence-corrected chi connectivity index (χ3v) is 3.47. The van der Waals surface area contributed by atoms with Gasteiger partial charge in [-0.2, -0.15) is 0 Å². The van der Waals surface area contributed by atoms with E-state index in [0.717, 1.165) is 6.42 Å². The van der Waals surface area contributed by atoms with Crippen molar-refractivity contribution in [2.75, 3.05) is 12.4 Å². The first-order valence-corrected chi connectivity index (χ1v) is 6.84. The molecule has 0 spiro atoms. The summed E-state index contributed by atoms with van der Waals surface area (Å²) < 4.78 is 4.77. The molecule has 3 N–H and O–H groups in total. The maximum Gasteiger partial charge on any atom is 0.322 e. The Morgan fingerprint density at radius 2 is 2.00 bits per heavy atom. The Morgan fingerprint density at radius 1 is 1.35 bits per heavy atom. The van der Waals surface area contributed by atoms with E-state index < -0.39 is 23.2 Å². The summed E-state index contributed by atoms with van der Waals surface area (Å²) in [5.74, 6) is -0.672. The maximum atomic E-state index is 11.2. The van der Waals surface area contributed by atoms with Gasteiger partial charge >= 0.3 is 11.9 Å². The van der Waals surface area contributed by atoms with Crippen LogP contribution in [0.3, 0.4) is 0 Å². The van der Waals surface area contributed by atoms with Crippen LogP contribution in [0.4, 0.5) is 0 Å². The maximum absolute atomic E-state index is 11.2. The first kappa shape index (κ1) is 16.2. The molecule has 0 aromatic carbocycles. The molecule has 2 unspecified atom stereocenters. The number of nitrogens with two attached hydrogens (primary N) is 1. The van der Waals surface area contributed by atoms with E-state index >= 15 is 0 Å². The highest BCUT2D eigenvalue weighted by molar-refractivity contribution is 8.00. The van der Waals surface area contributed by atoms with E-state index in [9.17, 15) is 9.59 Å². The normalized spacial score (nSPS) is 14.1. The predicted octanol–water partition coefficient (Wildman–Crippen LogP) is 1.25. The van der Waals surface area contributed by atoms with Crippen LogP contribution in [-0.2, 0) is 14.3 Å². The second-order valence-electron chi connectivity index (χ2n) is 3.63. The number of esters is 1. The highest BCUT2D eigenvalue weighted by Gasteiger charge is 2.19. The van der Waals surface area contributed by atoms with Crippen molar-refractivity contribution in [3.63, 3.8) is 0 Å². The minimum atomic E-state index is -0.804. The fraction of sp³-hybridized carbons (Fsp3) is 0.818. The Balaban J connectivity index is 3.87. The number of rotatable bonds is 9. The zero-order valence-electron chi connectivity index (χ0n) is 10.3. The van der Waals surface area contributed by atoms with Gasteiger partial charge in [0.05, 0.1) is 6.61 Å². The quantitative estimate of drug-likeness (QED) is 0.609. The van der Waals surface area contributed by atoms with Crippen LogP contribution in [-0.4, -0.2) is 40.7 Å². The second kappa shape index (κ2) is 9.30. The fourth-order valence-electron chi connectivity index (χ4n) is 1.24. The summed E-state index contributed by atoms with van der Waals surface area (Å²) in [7, 11) is 0. The summed E-state index contributed by atoms with van der Waals surface area (Å²) >= 11 is 1.33. The lowest BCUT2D eigenvalue weighted by Crippen LogP contribution is -2.33. The van der Waals surface area contributed by atoms with Crippen molar-refractivity contribution in [1.29, 1.82) is 0 Å². The number of hydrogen-bond acceptors (Lipinski definition) is 5. The smallest absolute Gasteiger partial charge is 0.322 e. The number of carbonyl (C=O) groups excluding carboxylic acids is 1. The van der Waals surface area contributed by atoms with Gasteiger partial charge in [0, 0.05) is 0 Å². The van der Waals surface area contributed by atoms with Gasteiger partial charge < -0.3 is 15.6 Å². The number of aliphatic carboxylic acids is 1. The van der Waals surface area contributed by atoms with Crippen molar-refractivity contribution in [3.05, 3.63) is 0 Å². The van der Waals surface area contributed by atoms with E-state index in [0.29, 0.717) is 25.2 Å². The van der Waals surface area contributed by atoms with Gasteiger partial charge in [0.1, 0.15) is 11.3 Å². The molecule has 2 atom stereocenters. The molecule has 100 valence electrons. The summed E-state index contributed by atoms with van der Waals surface area (Å²) in [5, 5.41) is 8.51. The summed E-state index contributed by atoms with van der Waals surface area (Å²) in [4.78, 5) is 22.1. The molecule has 0 saturated heterocycles. The highest BCUT2D eigenvalue weighted by atomic mass is 32.2. The molecule has 0 bridgehead atoms. The van der Waals surface area contributed by atoms with E-state index in [1.54, 1.807) is 6.92 Å². The number of carboxylic acid groups (broad SMARTS) is 1. The van der Waals surface area contributed by atoms with Crippen LogP contribution in [0.25, 0.3) is 0 Å². The molecule has 6 heteroatoms. The van der Waals surface area contributed by atoms with E-state index in [1.807, 2.05) is 6.92 Å². The summed E-state index contributed by atoms with van der Waals surface area (Å²) in [6, 6.07) is -0.654. The van der Waals surface area contributed by atoms with Crippen LogP contribution in [0.5, 0.6) is 0 Å². The SMILES string of the molecule is CCCC(SCCC(N)C(=O)OCC)C(=O)O. The molecule has 0 aromatic rings. The van der Waals surface area contributed by atoms with Crippen LogP contribution in [0.2, 0.25) is 0 Å². The van der Waals surface area contributed by atoms with Crippen LogP contribution >= 0.6 is 11.8 Å². The Hall–Kier alpha value is -0.750. The Labute approximate surface area is 106 Å². The molecule has 0 aliphatic rings. The van der Waals surface area contributed by atoms with Crippen LogP contribution in [0, 0.1) is 0 Å². The molecular weight excluding hydrogens is 242 g/mol. The monoisotopic (exact) mass is 263 g/mol. The van der Waals surface area contributed by atoms with Gasteiger partial charge in [0.2, 0.25) is 0 Å². The summed E-state index contributed by atoms with van der Waals surface area (Å²) in [5.41, 5.74) is 5.60. The van der Waals surface area contributed by atoms with E-state index in [-0.39, 0.29) is 0 Å². The molecular formula is C11H21NO4S. The zero-order chi connectivity index (χ0) is 13.3. The van der Waals surface area contributed by atoms with Gasteiger partial charge in [-0.05, 0) is 25.5 Å². The minimum Gasteiger partial charge on any atom is -0.480 e. The molecule has 0 amide bonds. The standard InChI is InChI=1S/C11H21NO4S/c1-3-5-9(10(13)14)17-7-6-8(12)11(15)16-4-2/h8-9H,3-7,12H2,1-2H3,(H,13,14). The Kier molecular flexibility index (Phi) is 8.89. The number of thioether (sulfide) groups is 1. The van der Waals surface area contributed by atoms with Gasteiger partial charge in [-0.15, -0.1) is 11.8 Å². The molecule has 0 rings (SSSR count). The van der Waals surface area contributed by atoms with Gasteiger partial charge in [0.15, 0.2) is 0 Å². The number of carbonyl (C=O) groups is 2. The molecule has 5 nitrogen and oxygen atoms in total. The molecule has 0 heterocycles. The fourth-order valence-corrected chi connectivity index (χ4v) is 2.46. The van der Waals surface area contributed by atoms with Crippen LogP contribution in [0.1, 0.15) is 33.1 Å². The van der Waals surface area contributed by atoms with Crippen LogP contribution < -0.4 is 5.73 Å². The lowest BCUT2D eigenvalue weighted by molar-refractivity contribution is -0.144. The summed E-state index contributed by atoms with van der Waals surface area (Å²) in [6.07, 6.45) is 1.90. The number of ether oxygens (including phenoxy) is 1. The van der Waals surface area contributed by atoms with Gasteiger partial charge in [-0.3, -0.25) is 9.59 Å². The second-order valence-corrected chi connectivity index (χ2v) is 4.94. The van der Waals surface area contributed by atoms with Gasteiger partial charge in [0.25, 0.3) is 0 Å². The van der Waals surface area contributed by atoms with Crippen molar-refractivity contribution >= 4 is 23.7 Å². The van der Waals surface area contributed by atoms with E-state index in [4.69, 9.17) is 15.6 Å². The summed E-state index contributed by atoms with van der Waals surface area (Å²) in [6.45, 7) is 3.98. The molecule has 0 aliphatic heterocycles. The van der Waals surface area contributed by atoms with E-state index in [1.165, 1.54) is 11.8 Å². The van der Waals surface area contributed by atoms with Crippen LogP contribution in [0.15, 0.2) is 0 Å². The largest absolute Gasteiger partial charge is 0.480 e. The molecule has 0 aliphatic carbocycles. The topological polar surface area (TPSA) is 89.6 Å². The van der Waals surface area contributed by atoms with Gasteiger partial charge in [-0.25, -0.2) is 0 Å². The molecule has 0 fully saturated rings. The average molecular weight is 263 g/mol. The Morgan fingerprint density at radius 3 is 2.47 bits per heavy atom. The van der Waals surface area contributed by atoms with Gasteiger partial charge in [-0.1, -0.05) is 13.3 Å². The lowest BCUT2D eigenvalue weighted by atomic mass is 10.2. The molecule has 0 saturated carbocycles. The van der Waals surface area contributed by atoms with Crippen molar-refractivity contribution in [1.82, 2.24) is 0 Å². The van der Waals surface area contributed by atoms with E-state index in [2.05, 4.69) is 0 Å². The minimum absolute atomic E-state index is 0.313. The zero-order valence-corrected chi connectivity index (χ0v) is 11.2. The first-order chi connectivity index (χ1) is 8.02. The Bertz CT molecular complexity index is 248. The first-order valence-electron chi connectivity index (χ1n) is 5.79. The highest BCUT2D eigenvalue weighted by Crippen LogP contribution is 2.18. The third kappa shape index (κ3) is 7.23. The van der Waals surface area contributed by atoms with Crippen molar-refractivity contribution in [3.8, 4) is 0 Å². The number of hydrogen-bond donors (Lipinski definition) is 2. The average Bonchev–Trinajstić information content (AvgIpc) is 2.27. The lowest BCUT2D eigenvalue weighted by Gasteiger charge is -2.13. The molecule has 0 radical (unpaired) electrons. The van der Waals surface area contributed by atoms with Crippen molar-refractivity contribution < 1.29 is 19.4 Å².